The van der Waals surface area contributed by atoms with Crippen molar-refractivity contribution in [3.05, 3.63) is 88.6 Å². The van der Waals surface area contributed by atoms with Crippen molar-refractivity contribution in [2.24, 2.45) is 4.99 Å². The van der Waals surface area contributed by atoms with Crippen molar-refractivity contribution >= 4 is 23.0 Å². The average Bonchev–Trinajstić information content (AvgIpc) is 3.16. The molecule has 1 fully saturated rings. The highest BCUT2D eigenvalue weighted by Gasteiger charge is 2.38. The van der Waals surface area contributed by atoms with Crippen molar-refractivity contribution in [3.63, 3.8) is 0 Å². The third kappa shape index (κ3) is 2.79. The molecule has 3 heterocycles. The number of fused-ring (bicyclic) bond motifs is 1. The Morgan fingerprint density at radius 3 is 2.58 bits per heavy atom. The summed E-state index contributed by atoms with van der Waals surface area (Å²) in [5.41, 5.74) is 6.11. The van der Waals surface area contributed by atoms with Crippen LogP contribution in [0.4, 0.5) is 0 Å². The number of ether oxygens (including phenoxy) is 1. The van der Waals surface area contributed by atoms with E-state index in [1.54, 1.807) is 0 Å². The van der Waals surface area contributed by atoms with E-state index in [0.29, 0.717) is 13.2 Å². The molecule has 0 N–H and O–H groups in total. The summed E-state index contributed by atoms with van der Waals surface area (Å²) in [5, 5.41) is 1.15. The second kappa shape index (κ2) is 6.78. The molecule has 0 radical (unpaired) electrons. The maximum atomic E-state index is 6.00. The van der Waals surface area contributed by atoms with Gasteiger partial charge in [0.1, 0.15) is 0 Å². The van der Waals surface area contributed by atoms with Crippen molar-refractivity contribution in [2.45, 2.75) is 6.04 Å². The van der Waals surface area contributed by atoms with Crippen molar-refractivity contribution < 1.29 is 4.74 Å². The van der Waals surface area contributed by atoms with Crippen LogP contribution in [-0.4, -0.2) is 35.6 Å². The standard InChI is InChI=1S/C22H20N2OS/c1-3-7-16(8-4-1)13-18-14-25-15-19-20(18)23-22-24(11-12-26-22)21(19)17-9-5-2-6-10-17/h1-10,13,21H,11-12,14-15H2/b18-13-. The second-order valence-electron chi connectivity index (χ2n) is 6.70. The van der Waals surface area contributed by atoms with E-state index in [4.69, 9.17) is 9.73 Å². The Bertz CT molecular complexity index is 902. The van der Waals surface area contributed by atoms with Gasteiger partial charge in [0.2, 0.25) is 0 Å². The molecule has 0 aliphatic carbocycles. The molecule has 3 aliphatic heterocycles. The van der Waals surface area contributed by atoms with Gasteiger partial charge in [0, 0.05) is 23.4 Å². The van der Waals surface area contributed by atoms with E-state index in [9.17, 15) is 0 Å². The fraction of sp³-hybridized carbons (Fsp3) is 0.227. The molecule has 1 saturated heterocycles. The van der Waals surface area contributed by atoms with Gasteiger partial charge in [-0.15, -0.1) is 0 Å². The van der Waals surface area contributed by atoms with E-state index in [-0.39, 0.29) is 6.04 Å². The van der Waals surface area contributed by atoms with Crippen molar-refractivity contribution in [3.8, 4) is 0 Å². The van der Waals surface area contributed by atoms with Crippen LogP contribution in [0.25, 0.3) is 6.08 Å². The highest BCUT2D eigenvalue weighted by atomic mass is 32.2. The topological polar surface area (TPSA) is 24.8 Å². The van der Waals surface area contributed by atoms with E-state index in [0.717, 1.165) is 23.2 Å². The Morgan fingerprint density at radius 2 is 1.77 bits per heavy atom. The number of rotatable bonds is 2. The fourth-order valence-corrected chi connectivity index (χ4v) is 4.87. The Kier molecular flexibility index (Phi) is 4.15. The minimum absolute atomic E-state index is 0.230. The van der Waals surface area contributed by atoms with Crippen LogP contribution in [-0.2, 0) is 4.74 Å². The molecular weight excluding hydrogens is 340 g/mol. The third-order valence-electron chi connectivity index (χ3n) is 5.04. The molecule has 0 saturated carbocycles. The number of amidine groups is 1. The summed E-state index contributed by atoms with van der Waals surface area (Å²) in [6.45, 7) is 2.31. The van der Waals surface area contributed by atoms with Crippen molar-refractivity contribution in [2.75, 3.05) is 25.5 Å². The Balaban J connectivity index is 1.64. The van der Waals surface area contributed by atoms with Gasteiger partial charge in [-0.3, -0.25) is 0 Å². The minimum Gasteiger partial charge on any atom is -0.372 e. The van der Waals surface area contributed by atoms with Crippen LogP contribution in [0.3, 0.4) is 0 Å². The van der Waals surface area contributed by atoms with E-state index in [1.807, 2.05) is 17.8 Å². The third-order valence-corrected chi connectivity index (χ3v) is 6.01. The van der Waals surface area contributed by atoms with Gasteiger partial charge in [0.05, 0.1) is 25.0 Å². The van der Waals surface area contributed by atoms with Crippen molar-refractivity contribution in [1.82, 2.24) is 4.90 Å². The summed E-state index contributed by atoms with van der Waals surface area (Å²) in [4.78, 5) is 7.49. The quantitative estimate of drug-likeness (QED) is 0.787. The largest absolute Gasteiger partial charge is 0.372 e. The molecule has 0 bridgehead atoms. The SMILES string of the molecule is C(=C1\COCC2=C1N=C1SCCN1C2c1ccccc1)/c1ccccc1. The van der Waals surface area contributed by atoms with Gasteiger partial charge in [0.15, 0.2) is 5.17 Å². The summed E-state index contributed by atoms with van der Waals surface area (Å²) >= 11 is 1.86. The van der Waals surface area contributed by atoms with Crippen LogP contribution >= 0.6 is 11.8 Å². The molecule has 4 heteroatoms. The molecule has 2 aromatic carbocycles. The first-order chi connectivity index (χ1) is 12.9. The van der Waals surface area contributed by atoms with E-state index >= 15 is 0 Å². The lowest BCUT2D eigenvalue weighted by molar-refractivity contribution is 0.157. The molecule has 3 nitrogen and oxygen atoms in total. The second-order valence-corrected chi connectivity index (χ2v) is 7.76. The van der Waals surface area contributed by atoms with E-state index < -0.39 is 0 Å². The molecule has 0 spiro atoms. The molecule has 1 unspecified atom stereocenters. The number of nitrogens with zero attached hydrogens (tertiary/aromatic N) is 2. The molecule has 0 aromatic heterocycles. The lowest BCUT2D eigenvalue weighted by Crippen LogP contribution is -2.37. The highest BCUT2D eigenvalue weighted by Crippen LogP contribution is 2.43. The lowest BCUT2D eigenvalue weighted by atomic mass is 9.91. The maximum Gasteiger partial charge on any atom is 0.165 e. The van der Waals surface area contributed by atoms with Gasteiger partial charge in [-0.25, -0.2) is 4.99 Å². The summed E-state index contributed by atoms with van der Waals surface area (Å²) in [7, 11) is 0. The van der Waals surface area contributed by atoms with Gasteiger partial charge in [0.25, 0.3) is 0 Å². The molecule has 5 rings (SSSR count). The van der Waals surface area contributed by atoms with Crippen LogP contribution < -0.4 is 0 Å². The molecule has 3 aliphatic rings. The molecule has 130 valence electrons. The summed E-state index contributed by atoms with van der Waals surface area (Å²) in [6.07, 6.45) is 2.22. The molecule has 0 amide bonds. The summed E-state index contributed by atoms with van der Waals surface area (Å²) in [5.74, 6) is 1.10. The van der Waals surface area contributed by atoms with Crippen LogP contribution in [0.2, 0.25) is 0 Å². The van der Waals surface area contributed by atoms with Crippen LogP contribution in [0, 0.1) is 0 Å². The molecule has 2 aromatic rings. The summed E-state index contributed by atoms with van der Waals surface area (Å²) < 4.78 is 6.00. The molecule has 26 heavy (non-hydrogen) atoms. The Labute approximate surface area is 158 Å². The van der Waals surface area contributed by atoms with Gasteiger partial charge in [-0.05, 0) is 17.2 Å². The first kappa shape index (κ1) is 15.9. The lowest BCUT2D eigenvalue weighted by Gasteiger charge is -2.38. The number of benzene rings is 2. The number of hydrogen-bond donors (Lipinski definition) is 0. The van der Waals surface area contributed by atoms with Gasteiger partial charge < -0.3 is 9.64 Å². The normalized spacial score (nSPS) is 23.7. The van der Waals surface area contributed by atoms with Gasteiger partial charge >= 0.3 is 0 Å². The fourth-order valence-electron chi connectivity index (χ4n) is 3.88. The first-order valence-corrected chi connectivity index (χ1v) is 9.98. The summed E-state index contributed by atoms with van der Waals surface area (Å²) in [6, 6.07) is 21.4. The van der Waals surface area contributed by atoms with Crippen LogP contribution in [0.5, 0.6) is 0 Å². The van der Waals surface area contributed by atoms with Gasteiger partial charge in [-0.1, -0.05) is 72.4 Å². The van der Waals surface area contributed by atoms with Gasteiger partial charge in [-0.2, -0.15) is 0 Å². The van der Waals surface area contributed by atoms with E-state index in [1.165, 1.54) is 22.3 Å². The van der Waals surface area contributed by atoms with Crippen LogP contribution in [0.15, 0.2) is 82.5 Å². The monoisotopic (exact) mass is 360 g/mol. The number of aliphatic imine (C=N–C) groups is 1. The number of hydrogen-bond acceptors (Lipinski definition) is 4. The zero-order valence-electron chi connectivity index (χ0n) is 14.5. The predicted octanol–water partition coefficient (Wildman–Crippen LogP) is 4.51. The van der Waals surface area contributed by atoms with Crippen LogP contribution in [0.1, 0.15) is 17.2 Å². The minimum atomic E-state index is 0.230. The Morgan fingerprint density at radius 1 is 1.00 bits per heavy atom. The number of thioether (sulfide) groups is 1. The highest BCUT2D eigenvalue weighted by molar-refractivity contribution is 8.14. The zero-order valence-corrected chi connectivity index (χ0v) is 15.3. The zero-order chi connectivity index (χ0) is 17.3. The average molecular weight is 360 g/mol. The molecular formula is C22H20N2OS. The Hall–Kier alpha value is -2.30. The molecule has 1 atom stereocenters. The van der Waals surface area contributed by atoms with Crippen molar-refractivity contribution in [1.29, 1.82) is 0 Å². The smallest absolute Gasteiger partial charge is 0.165 e. The first-order valence-electron chi connectivity index (χ1n) is 9.00. The van der Waals surface area contributed by atoms with E-state index in [2.05, 4.69) is 65.6 Å². The maximum absolute atomic E-state index is 6.00. The predicted molar refractivity (Wildman–Crippen MR) is 108 cm³/mol.